The molecule has 1 saturated carbocycles. The fraction of sp³-hybridized carbons (Fsp3) is 0.654. The van der Waals surface area contributed by atoms with Crippen LogP contribution in [-0.4, -0.2) is 60.9 Å². The minimum absolute atomic E-state index is 0.0926. The van der Waals surface area contributed by atoms with Gasteiger partial charge in [-0.2, -0.15) is 0 Å². The molecule has 0 unspecified atom stereocenters. The number of hydrogen-bond acceptors (Lipinski definition) is 5. The van der Waals surface area contributed by atoms with Crippen molar-refractivity contribution in [3.05, 3.63) is 41.5 Å². The van der Waals surface area contributed by atoms with E-state index < -0.39 is 6.10 Å². The molecule has 0 radical (unpaired) electrons. The highest BCUT2D eigenvalue weighted by atomic mass is 16.6. The normalized spacial score (nSPS) is 38.3. The zero-order chi connectivity index (χ0) is 21.8. The number of aliphatic hydroxyl groups is 1. The van der Waals surface area contributed by atoms with E-state index in [4.69, 9.17) is 4.74 Å². The number of hydrogen-bond donors (Lipinski definition) is 1. The van der Waals surface area contributed by atoms with Crippen LogP contribution in [0.3, 0.4) is 0 Å². The van der Waals surface area contributed by atoms with Crippen molar-refractivity contribution in [1.82, 2.24) is 4.90 Å². The molecule has 168 valence electrons. The average molecular weight is 425 g/mol. The monoisotopic (exact) mass is 424 g/mol. The van der Waals surface area contributed by atoms with Gasteiger partial charge in [0.15, 0.2) is 0 Å². The van der Waals surface area contributed by atoms with E-state index >= 15 is 0 Å². The predicted octanol–water partition coefficient (Wildman–Crippen LogP) is 3.40. The second-order valence-corrected chi connectivity index (χ2v) is 10.4. The quantitative estimate of drug-likeness (QED) is 0.595. The Hall–Kier alpha value is -1.85. The Morgan fingerprint density at radius 1 is 1.23 bits per heavy atom. The van der Waals surface area contributed by atoms with E-state index in [0.29, 0.717) is 12.5 Å². The van der Waals surface area contributed by atoms with Crippen molar-refractivity contribution in [2.75, 3.05) is 37.6 Å². The third kappa shape index (κ3) is 3.50. The Bertz CT molecular complexity index is 875. The summed E-state index contributed by atoms with van der Waals surface area (Å²) in [5, 5.41) is 11.5. The molecule has 1 aromatic rings. The van der Waals surface area contributed by atoms with Gasteiger partial charge in [0.05, 0.1) is 12.0 Å². The fourth-order valence-electron chi connectivity index (χ4n) is 6.57. The number of carbonyl (C=O) groups is 1. The van der Waals surface area contributed by atoms with Gasteiger partial charge in [-0.15, -0.1) is 0 Å². The summed E-state index contributed by atoms with van der Waals surface area (Å²) in [4.78, 5) is 17.7. The molecular formula is C26H36N2O3. The highest BCUT2D eigenvalue weighted by Gasteiger charge is 2.59. The number of piperazine rings is 1. The van der Waals surface area contributed by atoms with Crippen LogP contribution in [0.15, 0.2) is 35.9 Å². The molecule has 1 aromatic carbocycles. The Balaban J connectivity index is 1.28. The molecule has 0 amide bonds. The first-order valence-corrected chi connectivity index (χ1v) is 12.0. The SMILES string of the molecule is Cc1cccc(N2CCN(C[C@@H]3C(=O)O[C@H]4CC5=CCC[C@@H](C)[C@]5(C)[C@H](O)[C@@H]43)CC2)c1. The third-order valence-corrected chi connectivity index (χ3v) is 8.76. The highest BCUT2D eigenvalue weighted by molar-refractivity contribution is 5.76. The molecule has 2 heterocycles. The molecule has 2 aliphatic carbocycles. The van der Waals surface area contributed by atoms with Crippen LogP contribution >= 0.6 is 0 Å². The molecule has 5 heteroatoms. The minimum atomic E-state index is -0.516. The summed E-state index contributed by atoms with van der Waals surface area (Å²) in [6.07, 6.45) is 4.59. The van der Waals surface area contributed by atoms with E-state index in [0.717, 1.165) is 45.4 Å². The number of allylic oxidation sites excluding steroid dienone is 1. The van der Waals surface area contributed by atoms with Crippen LogP contribution in [0.5, 0.6) is 0 Å². The number of nitrogens with zero attached hydrogens (tertiary/aromatic N) is 2. The van der Waals surface area contributed by atoms with E-state index in [9.17, 15) is 9.90 Å². The predicted molar refractivity (Wildman–Crippen MR) is 122 cm³/mol. The maximum atomic E-state index is 12.9. The number of anilines is 1. The van der Waals surface area contributed by atoms with E-state index in [1.807, 2.05) is 0 Å². The first-order chi connectivity index (χ1) is 14.9. The number of benzene rings is 1. The summed E-state index contributed by atoms with van der Waals surface area (Å²) in [5.41, 5.74) is 3.64. The molecule has 2 saturated heterocycles. The number of ether oxygens (including phenoxy) is 1. The van der Waals surface area contributed by atoms with E-state index in [1.54, 1.807) is 0 Å². The van der Waals surface area contributed by atoms with Gasteiger partial charge in [0, 0.05) is 56.2 Å². The van der Waals surface area contributed by atoms with Gasteiger partial charge in [-0.3, -0.25) is 9.69 Å². The molecule has 5 nitrogen and oxygen atoms in total. The van der Waals surface area contributed by atoms with Gasteiger partial charge in [-0.05, 0) is 43.4 Å². The Morgan fingerprint density at radius 2 is 2.00 bits per heavy atom. The molecule has 0 bridgehead atoms. The molecule has 0 spiro atoms. The standard InChI is InChI=1S/C26H36N2O3/c1-17-6-4-9-20(14-17)28-12-10-27(11-13-28)16-21-23-22(31-25(21)30)15-19-8-5-7-18(2)26(19,3)24(23)29/h4,6,8-9,14,18,21-24,29H,5,7,10-13,15-16H2,1-3H3/t18-,21+,22+,23-,24-,26+/m1/s1. The van der Waals surface area contributed by atoms with Gasteiger partial charge in [-0.25, -0.2) is 0 Å². The molecule has 3 fully saturated rings. The molecule has 0 aromatic heterocycles. The Kier molecular flexibility index (Phi) is 5.38. The first kappa shape index (κ1) is 21.0. The van der Waals surface area contributed by atoms with Gasteiger partial charge in [0.1, 0.15) is 6.10 Å². The number of esters is 1. The van der Waals surface area contributed by atoms with Crippen LogP contribution in [0.25, 0.3) is 0 Å². The molecule has 6 atom stereocenters. The number of rotatable bonds is 3. The summed E-state index contributed by atoms with van der Waals surface area (Å²) in [6.45, 7) is 11.1. The second kappa shape index (κ2) is 7.93. The molecule has 5 rings (SSSR count). The number of fused-ring (bicyclic) bond motifs is 2. The van der Waals surface area contributed by atoms with Crippen LogP contribution in [0, 0.1) is 30.1 Å². The zero-order valence-electron chi connectivity index (χ0n) is 19.1. The summed E-state index contributed by atoms with van der Waals surface area (Å²) in [7, 11) is 0. The van der Waals surface area contributed by atoms with Crippen LogP contribution in [0.2, 0.25) is 0 Å². The van der Waals surface area contributed by atoms with E-state index in [-0.39, 0.29) is 29.3 Å². The Morgan fingerprint density at radius 3 is 2.74 bits per heavy atom. The van der Waals surface area contributed by atoms with Crippen molar-refractivity contribution in [2.24, 2.45) is 23.2 Å². The molecular weight excluding hydrogens is 388 g/mol. The second-order valence-electron chi connectivity index (χ2n) is 10.4. The van der Waals surface area contributed by atoms with Gasteiger partial charge in [-0.1, -0.05) is 37.6 Å². The van der Waals surface area contributed by atoms with Gasteiger partial charge < -0.3 is 14.7 Å². The van der Waals surface area contributed by atoms with Crippen LogP contribution < -0.4 is 4.90 Å². The largest absolute Gasteiger partial charge is 0.461 e. The Labute approximate surface area is 186 Å². The van der Waals surface area contributed by atoms with Crippen molar-refractivity contribution in [3.8, 4) is 0 Å². The van der Waals surface area contributed by atoms with E-state index in [2.05, 4.69) is 60.9 Å². The third-order valence-electron chi connectivity index (χ3n) is 8.76. The lowest BCUT2D eigenvalue weighted by molar-refractivity contribution is -0.145. The smallest absolute Gasteiger partial charge is 0.311 e. The highest BCUT2D eigenvalue weighted by Crippen LogP contribution is 2.56. The number of carbonyl (C=O) groups excluding carboxylic acids is 1. The molecule has 1 N–H and O–H groups in total. The van der Waals surface area contributed by atoms with Crippen LogP contribution in [0.1, 0.15) is 38.7 Å². The van der Waals surface area contributed by atoms with Crippen molar-refractivity contribution in [2.45, 2.75) is 52.2 Å². The van der Waals surface area contributed by atoms with Crippen LogP contribution in [-0.2, 0) is 9.53 Å². The topological polar surface area (TPSA) is 53.0 Å². The molecule has 4 aliphatic rings. The molecule has 2 aliphatic heterocycles. The summed E-state index contributed by atoms with van der Waals surface area (Å²) < 4.78 is 5.85. The van der Waals surface area contributed by atoms with Crippen molar-refractivity contribution in [3.63, 3.8) is 0 Å². The average Bonchev–Trinajstić information content (AvgIpc) is 3.06. The van der Waals surface area contributed by atoms with Crippen molar-refractivity contribution in [1.29, 1.82) is 0 Å². The summed E-state index contributed by atoms with van der Waals surface area (Å²) >= 11 is 0. The maximum absolute atomic E-state index is 12.9. The minimum Gasteiger partial charge on any atom is -0.461 e. The lowest BCUT2D eigenvalue weighted by Gasteiger charge is -2.52. The summed E-state index contributed by atoms with van der Waals surface area (Å²) in [6, 6.07) is 8.67. The van der Waals surface area contributed by atoms with Gasteiger partial charge >= 0.3 is 5.97 Å². The summed E-state index contributed by atoms with van der Waals surface area (Å²) in [5.74, 6) is 0.00589. The van der Waals surface area contributed by atoms with Crippen molar-refractivity contribution < 1.29 is 14.6 Å². The maximum Gasteiger partial charge on any atom is 0.311 e. The van der Waals surface area contributed by atoms with Gasteiger partial charge in [0.25, 0.3) is 0 Å². The fourth-order valence-corrected chi connectivity index (χ4v) is 6.57. The first-order valence-electron chi connectivity index (χ1n) is 12.0. The van der Waals surface area contributed by atoms with Gasteiger partial charge in [0.2, 0.25) is 0 Å². The number of aliphatic hydroxyl groups excluding tert-OH is 1. The van der Waals surface area contributed by atoms with E-state index in [1.165, 1.54) is 16.8 Å². The molecule has 31 heavy (non-hydrogen) atoms. The lowest BCUT2D eigenvalue weighted by Crippen LogP contribution is -2.55. The van der Waals surface area contributed by atoms with Crippen molar-refractivity contribution >= 4 is 11.7 Å². The zero-order valence-corrected chi connectivity index (χ0v) is 19.1. The lowest BCUT2D eigenvalue weighted by atomic mass is 9.55. The van der Waals surface area contributed by atoms with Crippen LogP contribution in [0.4, 0.5) is 5.69 Å². The number of aryl methyl sites for hydroxylation is 1.